The monoisotopic (exact) mass is 601 g/mol. The quantitative estimate of drug-likeness (QED) is 0.391. The van der Waals surface area contributed by atoms with Gasteiger partial charge in [-0.15, -0.1) is 0 Å². The van der Waals surface area contributed by atoms with Gasteiger partial charge in [0.05, 0.1) is 0 Å². The SMILES string of the molecule is CN(CC(=O)O)C(=O)C(CC1CCCCC1)N1CCC=CCC(N(C)C(=O)OCC2c3ccccc3-c3ccccc32)C1=O. The third kappa shape index (κ3) is 6.82. The van der Waals surface area contributed by atoms with E-state index in [-0.39, 0.29) is 30.3 Å². The highest BCUT2D eigenvalue weighted by Crippen LogP contribution is 2.44. The molecule has 2 unspecified atom stereocenters. The standard InChI is InChI=1S/C35H43N3O6/c1-36(22-32(39)40)33(41)31(21-24-13-5-3-6-14-24)38-20-12-4-7-19-30(34(38)42)37(2)35(43)44-23-29-27-17-10-8-15-25(27)26-16-9-11-18-28(26)29/h4,7-11,15-18,24,29-31H,3,5-6,12-14,19-23H2,1-2H3,(H,39,40). The lowest BCUT2D eigenvalue weighted by atomic mass is 9.84. The van der Waals surface area contributed by atoms with Crippen molar-refractivity contribution in [2.24, 2.45) is 5.92 Å². The molecular weight excluding hydrogens is 558 g/mol. The highest BCUT2D eigenvalue weighted by Gasteiger charge is 2.40. The van der Waals surface area contributed by atoms with Crippen LogP contribution >= 0.6 is 0 Å². The summed E-state index contributed by atoms with van der Waals surface area (Å²) in [4.78, 5) is 57.0. The molecule has 1 fully saturated rings. The van der Waals surface area contributed by atoms with Crippen LogP contribution in [0.2, 0.25) is 0 Å². The smallest absolute Gasteiger partial charge is 0.410 e. The number of aliphatic carboxylic acids is 1. The summed E-state index contributed by atoms with van der Waals surface area (Å²) in [5.41, 5.74) is 4.48. The highest BCUT2D eigenvalue weighted by molar-refractivity contribution is 5.92. The largest absolute Gasteiger partial charge is 0.480 e. The molecule has 3 aliphatic rings. The summed E-state index contributed by atoms with van der Waals surface area (Å²) in [7, 11) is 3.04. The van der Waals surface area contributed by atoms with E-state index in [0.717, 1.165) is 54.4 Å². The van der Waals surface area contributed by atoms with E-state index < -0.39 is 30.7 Å². The molecule has 234 valence electrons. The van der Waals surface area contributed by atoms with Gasteiger partial charge in [-0.25, -0.2) is 4.79 Å². The number of amides is 3. The predicted molar refractivity (Wildman–Crippen MR) is 167 cm³/mol. The topological polar surface area (TPSA) is 107 Å². The minimum atomic E-state index is -1.10. The molecule has 1 heterocycles. The molecule has 1 aliphatic heterocycles. The van der Waals surface area contributed by atoms with Gasteiger partial charge in [0.2, 0.25) is 11.8 Å². The predicted octanol–water partition coefficient (Wildman–Crippen LogP) is 5.30. The van der Waals surface area contributed by atoms with Gasteiger partial charge in [0.1, 0.15) is 25.2 Å². The molecule has 9 heteroatoms. The average molecular weight is 602 g/mol. The second-order valence-corrected chi connectivity index (χ2v) is 12.3. The molecule has 2 aliphatic carbocycles. The fraction of sp³-hybridized carbons (Fsp3) is 0.486. The van der Waals surface area contributed by atoms with Crippen LogP contribution in [0.5, 0.6) is 0 Å². The van der Waals surface area contributed by atoms with Crippen LogP contribution in [0.4, 0.5) is 4.79 Å². The molecule has 2 aromatic rings. The van der Waals surface area contributed by atoms with Crippen molar-refractivity contribution in [3.05, 3.63) is 71.8 Å². The van der Waals surface area contributed by atoms with Crippen LogP contribution in [0, 0.1) is 5.92 Å². The summed E-state index contributed by atoms with van der Waals surface area (Å²) < 4.78 is 5.87. The Labute approximate surface area is 259 Å². The van der Waals surface area contributed by atoms with Gasteiger partial charge in [-0.05, 0) is 47.4 Å². The van der Waals surface area contributed by atoms with Crippen molar-refractivity contribution in [2.45, 2.75) is 69.4 Å². The van der Waals surface area contributed by atoms with Gasteiger partial charge in [0.25, 0.3) is 0 Å². The maximum atomic E-state index is 14.2. The first-order valence-corrected chi connectivity index (χ1v) is 15.8. The summed E-state index contributed by atoms with van der Waals surface area (Å²) in [6.07, 6.45) is 9.93. The van der Waals surface area contributed by atoms with Crippen LogP contribution in [0.15, 0.2) is 60.7 Å². The zero-order valence-corrected chi connectivity index (χ0v) is 25.7. The van der Waals surface area contributed by atoms with Crippen LogP contribution in [0.3, 0.4) is 0 Å². The van der Waals surface area contributed by atoms with Crippen LogP contribution < -0.4 is 0 Å². The van der Waals surface area contributed by atoms with Crippen LogP contribution in [-0.2, 0) is 19.1 Å². The molecule has 3 amide bonds. The van der Waals surface area contributed by atoms with Crippen molar-refractivity contribution in [1.29, 1.82) is 0 Å². The van der Waals surface area contributed by atoms with E-state index in [1.54, 1.807) is 11.9 Å². The summed E-state index contributed by atoms with van der Waals surface area (Å²) in [5, 5.41) is 9.35. The molecule has 44 heavy (non-hydrogen) atoms. The number of hydrogen-bond acceptors (Lipinski definition) is 5. The van der Waals surface area contributed by atoms with Crippen LogP contribution in [0.25, 0.3) is 11.1 Å². The van der Waals surface area contributed by atoms with Gasteiger partial charge in [-0.1, -0.05) is 92.8 Å². The van der Waals surface area contributed by atoms with Crippen molar-refractivity contribution < 1.29 is 29.0 Å². The van der Waals surface area contributed by atoms with E-state index in [9.17, 15) is 24.3 Å². The Kier molecular flexibility index (Phi) is 10.0. The molecular formula is C35H43N3O6. The molecule has 0 radical (unpaired) electrons. The summed E-state index contributed by atoms with van der Waals surface area (Å²) in [5.74, 6) is -1.62. The zero-order valence-electron chi connectivity index (χ0n) is 25.7. The number of fused-ring (bicyclic) bond motifs is 3. The maximum Gasteiger partial charge on any atom is 0.410 e. The van der Waals surface area contributed by atoms with E-state index in [2.05, 4.69) is 24.3 Å². The minimum absolute atomic E-state index is 0.105. The van der Waals surface area contributed by atoms with Gasteiger partial charge in [-0.2, -0.15) is 0 Å². The molecule has 9 nitrogen and oxygen atoms in total. The van der Waals surface area contributed by atoms with E-state index in [4.69, 9.17) is 4.74 Å². The Balaban J connectivity index is 1.33. The highest BCUT2D eigenvalue weighted by atomic mass is 16.6. The fourth-order valence-corrected chi connectivity index (χ4v) is 7.05. The molecule has 5 rings (SSSR count). The first kappa shape index (κ1) is 31.3. The van der Waals surface area contributed by atoms with Gasteiger partial charge >= 0.3 is 12.1 Å². The lowest BCUT2D eigenvalue weighted by Gasteiger charge is -2.39. The molecule has 0 aromatic heterocycles. The number of carbonyl (C=O) groups is 4. The zero-order chi connectivity index (χ0) is 31.2. The first-order valence-electron chi connectivity index (χ1n) is 15.8. The fourth-order valence-electron chi connectivity index (χ4n) is 7.05. The third-order valence-electron chi connectivity index (χ3n) is 9.41. The van der Waals surface area contributed by atoms with Crippen molar-refractivity contribution in [1.82, 2.24) is 14.7 Å². The lowest BCUT2D eigenvalue weighted by molar-refractivity contribution is -0.151. The number of hydrogen-bond donors (Lipinski definition) is 1. The second-order valence-electron chi connectivity index (χ2n) is 12.3. The maximum absolute atomic E-state index is 14.2. The lowest BCUT2D eigenvalue weighted by Crippen LogP contribution is -2.57. The van der Waals surface area contributed by atoms with Crippen LogP contribution in [-0.4, -0.2) is 89.6 Å². The van der Waals surface area contributed by atoms with Gasteiger partial charge in [0, 0.05) is 26.6 Å². The van der Waals surface area contributed by atoms with Crippen molar-refractivity contribution in [2.75, 3.05) is 33.8 Å². The Morgan fingerprint density at radius 3 is 2.23 bits per heavy atom. The van der Waals surface area contributed by atoms with Gasteiger partial charge in [-0.3, -0.25) is 19.3 Å². The molecule has 1 saturated carbocycles. The first-order chi connectivity index (χ1) is 21.3. The van der Waals surface area contributed by atoms with Crippen molar-refractivity contribution in [3.8, 4) is 11.1 Å². The Bertz CT molecular complexity index is 1350. The van der Waals surface area contributed by atoms with Crippen molar-refractivity contribution in [3.63, 3.8) is 0 Å². The normalized spacial score (nSPS) is 19.4. The number of benzene rings is 2. The number of rotatable bonds is 9. The Hall–Kier alpha value is -4.14. The Morgan fingerprint density at radius 2 is 1.59 bits per heavy atom. The third-order valence-corrected chi connectivity index (χ3v) is 9.41. The number of likely N-dealkylation sites (N-methyl/N-ethyl adjacent to an activating group) is 2. The molecule has 0 spiro atoms. The number of carboxylic acid groups (broad SMARTS) is 1. The molecule has 2 atom stereocenters. The second kappa shape index (κ2) is 14.1. The number of nitrogens with zero attached hydrogens (tertiary/aromatic N) is 3. The van der Waals surface area contributed by atoms with Crippen LogP contribution in [0.1, 0.15) is 68.4 Å². The van der Waals surface area contributed by atoms with Gasteiger partial charge < -0.3 is 19.6 Å². The van der Waals surface area contributed by atoms with Gasteiger partial charge in [0.15, 0.2) is 0 Å². The molecule has 0 bridgehead atoms. The summed E-state index contributed by atoms with van der Waals surface area (Å²) in [6, 6.07) is 14.6. The van der Waals surface area contributed by atoms with Crippen molar-refractivity contribution >= 4 is 23.9 Å². The van der Waals surface area contributed by atoms with E-state index in [0.29, 0.717) is 25.8 Å². The average Bonchev–Trinajstić information content (AvgIpc) is 3.34. The van der Waals surface area contributed by atoms with E-state index >= 15 is 0 Å². The molecule has 2 aromatic carbocycles. The molecule has 1 N–H and O–H groups in total. The number of carbonyl (C=O) groups excluding carboxylic acids is 3. The minimum Gasteiger partial charge on any atom is -0.480 e. The summed E-state index contributed by atoms with van der Waals surface area (Å²) >= 11 is 0. The number of carboxylic acids is 1. The van der Waals surface area contributed by atoms with E-state index in [1.807, 2.05) is 36.4 Å². The summed E-state index contributed by atoms with van der Waals surface area (Å²) in [6.45, 7) is 0.0137. The van der Waals surface area contributed by atoms with E-state index in [1.165, 1.54) is 16.8 Å². The molecule has 0 saturated heterocycles. The number of ether oxygens (including phenoxy) is 1. The Morgan fingerprint density at radius 1 is 0.955 bits per heavy atom.